The number of likely N-dealkylation sites (tertiary alicyclic amines) is 1. The van der Waals surface area contributed by atoms with E-state index >= 15 is 0 Å². The highest BCUT2D eigenvalue weighted by atomic mass is 32.1. The van der Waals surface area contributed by atoms with Crippen LogP contribution >= 0.6 is 11.3 Å². The van der Waals surface area contributed by atoms with E-state index in [9.17, 15) is 4.79 Å². The van der Waals surface area contributed by atoms with Crippen molar-refractivity contribution in [3.8, 4) is 16.2 Å². The summed E-state index contributed by atoms with van der Waals surface area (Å²) in [6.45, 7) is 6.87. The van der Waals surface area contributed by atoms with Crippen molar-refractivity contribution in [3.63, 3.8) is 0 Å². The third-order valence-electron chi connectivity index (χ3n) is 5.59. The van der Waals surface area contributed by atoms with Gasteiger partial charge in [-0.1, -0.05) is 12.6 Å². The average molecular weight is 420 g/mol. The van der Waals surface area contributed by atoms with E-state index in [0.717, 1.165) is 42.9 Å². The highest BCUT2D eigenvalue weighted by Gasteiger charge is 2.32. The average Bonchev–Trinajstić information content (AvgIpc) is 3.28. The van der Waals surface area contributed by atoms with Crippen molar-refractivity contribution in [2.24, 2.45) is 0 Å². The van der Waals surface area contributed by atoms with Gasteiger partial charge in [0.1, 0.15) is 23.5 Å². The Labute approximate surface area is 177 Å². The first-order valence-electron chi connectivity index (χ1n) is 9.61. The van der Waals surface area contributed by atoms with Crippen LogP contribution in [0, 0.1) is 6.92 Å². The molecule has 3 aromatic heterocycles. The zero-order valence-electron chi connectivity index (χ0n) is 16.8. The number of thiophene rings is 1. The van der Waals surface area contributed by atoms with Gasteiger partial charge in [0.15, 0.2) is 0 Å². The Bertz CT molecular complexity index is 1320. The largest absolute Gasteiger partial charge is 0.495 e. The molecule has 0 bridgehead atoms. The number of aryl methyl sites for hydroxylation is 1. The molecule has 1 fully saturated rings. The van der Waals surface area contributed by atoms with Crippen LogP contribution in [-0.4, -0.2) is 45.5 Å². The van der Waals surface area contributed by atoms with Crippen LogP contribution in [0.4, 0.5) is 5.82 Å². The van der Waals surface area contributed by atoms with Crippen molar-refractivity contribution in [2.75, 3.05) is 25.9 Å². The number of ether oxygens (including phenoxy) is 1. The fraction of sp³-hybridized carbons (Fsp3) is 0.227. The number of nitrogens with two attached hydrogens (primary N) is 1. The van der Waals surface area contributed by atoms with E-state index < -0.39 is 0 Å². The van der Waals surface area contributed by atoms with Crippen molar-refractivity contribution in [2.45, 2.75) is 13.0 Å². The van der Waals surface area contributed by atoms with Crippen LogP contribution < -0.4 is 10.5 Å². The van der Waals surface area contributed by atoms with Gasteiger partial charge in [-0.2, -0.15) is 0 Å². The number of anilines is 1. The molecular weight excluding hydrogens is 398 g/mol. The molecule has 152 valence electrons. The summed E-state index contributed by atoms with van der Waals surface area (Å²) in [5.41, 5.74) is 9.21. The zero-order chi connectivity index (χ0) is 21.0. The highest BCUT2D eigenvalue weighted by Crippen LogP contribution is 2.43. The van der Waals surface area contributed by atoms with Gasteiger partial charge in [0.25, 0.3) is 0 Å². The van der Waals surface area contributed by atoms with Gasteiger partial charge < -0.3 is 19.9 Å². The summed E-state index contributed by atoms with van der Waals surface area (Å²) in [7, 11) is 1.69. The summed E-state index contributed by atoms with van der Waals surface area (Å²) in [5, 5.41) is 1.97. The number of nitrogen functional groups attached to an aromatic ring is 1. The van der Waals surface area contributed by atoms with E-state index in [4.69, 9.17) is 10.5 Å². The number of rotatable bonds is 4. The van der Waals surface area contributed by atoms with Gasteiger partial charge in [0.05, 0.1) is 23.2 Å². The molecule has 1 aliphatic heterocycles. The number of amides is 1. The van der Waals surface area contributed by atoms with E-state index in [1.807, 2.05) is 6.07 Å². The van der Waals surface area contributed by atoms with Gasteiger partial charge >= 0.3 is 0 Å². The summed E-state index contributed by atoms with van der Waals surface area (Å²) in [5.74, 6) is 1.27. The number of carbonyl (C=O) groups is 1. The second kappa shape index (κ2) is 6.84. The second-order valence-electron chi connectivity index (χ2n) is 7.50. The van der Waals surface area contributed by atoms with Crippen molar-refractivity contribution >= 4 is 44.2 Å². The lowest BCUT2D eigenvalue weighted by Crippen LogP contribution is -2.50. The third-order valence-corrected chi connectivity index (χ3v) is 6.79. The van der Waals surface area contributed by atoms with Crippen molar-refractivity contribution < 1.29 is 9.53 Å². The first-order chi connectivity index (χ1) is 14.5. The molecule has 0 radical (unpaired) electrons. The monoisotopic (exact) mass is 419 g/mol. The molecule has 0 saturated carbocycles. The minimum Gasteiger partial charge on any atom is -0.495 e. The normalized spacial score (nSPS) is 14.3. The van der Waals surface area contributed by atoms with E-state index in [1.54, 1.807) is 23.3 Å². The molecule has 0 aliphatic carbocycles. The smallest absolute Gasteiger partial charge is 0.246 e. The lowest BCUT2D eigenvalue weighted by Gasteiger charge is -2.39. The van der Waals surface area contributed by atoms with Gasteiger partial charge in [-0.15, -0.1) is 11.3 Å². The summed E-state index contributed by atoms with van der Waals surface area (Å²) < 4.78 is 8.81. The van der Waals surface area contributed by atoms with Gasteiger partial charge in [-0.25, -0.2) is 9.97 Å². The van der Waals surface area contributed by atoms with Gasteiger partial charge in [0.2, 0.25) is 5.91 Å². The van der Waals surface area contributed by atoms with Crippen LogP contribution in [0.3, 0.4) is 0 Å². The first kappa shape index (κ1) is 18.6. The van der Waals surface area contributed by atoms with Crippen LogP contribution in [0.25, 0.3) is 31.6 Å². The van der Waals surface area contributed by atoms with Crippen molar-refractivity contribution in [3.05, 3.63) is 48.9 Å². The van der Waals surface area contributed by atoms with Gasteiger partial charge in [-0.3, -0.25) is 4.79 Å². The Kier molecular flexibility index (Phi) is 4.25. The molecule has 4 aromatic rings. The zero-order valence-corrected chi connectivity index (χ0v) is 17.6. The highest BCUT2D eigenvalue weighted by molar-refractivity contribution is 7.22. The molecule has 4 heterocycles. The van der Waals surface area contributed by atoms with Crippen LogP contribution in [0.5, 0.6) is 5.75 Å². The Balaban J connectivity index is 1.65. The SMILES string of the molecule is C=CC(=O)N1CC(n2cc(-c3cc4cc(C)cc(OC)c4s3)c3c(N)ncnc32)C1. The molecule has 7 nitrogen and oxygen atoms in total. The van der Waals surface area contributed by atoms with Crippen LogP contribution in [0.15, 0.2) is 43.4 Å². The Morgan fingerprint density at radius 2 is 2.13 bits per heavy atom. The Hall–Kier alpha value is -3.39. The standard InChI is InChI=1S/C22H21N5O2S/c1-4-18(28)26-8-14(9-26)27-10-15(19-21(23)24-11-25-22(19)27)17-7-13-5-12(2)6-16(29-3)20(13)30-17/h4-7,10-11,14H,1,8-9H2,2-3H3,(H2,23,24,25). The van der Waals surface area contributed by atoms with Crippen LogP contribution in [-0.2, 0) is 4.79 Å². The number of methoxy groups -OCH3 is 1. The molecule has 30 heavy (non-hydrogen) atoms. The molecule has 1 aromatic carbocycles. The Morgan fingerprint density at radius 1 is 1.33 bits per heavy atom. The second-order valence-corrected chi connectivity index (χ2v) is 8.56. The number of hydrogen-bond acceptors (Lipinski definition) is 6. The molecule has 0 atom stereocenters. The van der Waals surface area contributed by atoms with E-state index in [0.29, 0.717) is 18.9 Å². The summed E-state index contributed by atoms with van der Waals surface area (Å²) in [6.07, 6.45) is 4.92. The predicted octanol–water partition coefficient (Wildman–Crippen LogP) is 3.78. The molecule has 0 unspecified atom stereocenters. The van der Waals surface area contributed by atoms with Crippen LogP contribution in [0.1, 0.15) is 11.6 Å². The third kappa shape index (κ3) is 2.75. The molecule has 0 spiro atoms. The van der Waals surface area contributed by atoms with Crippen molar-refractivity contribution in [1.29, 1.82) is 0 Å². The quantitative estimate of drug-likeness (QED) is 0.509. The predicted molar refractivity (Wildman–Crippen MR) is 120 cm³/mol. The number of nitrogens with zero attached hydrogens (tertiary/aromatic N) is 4. The molecular formula is C22H21N5O2S. The maximum Gasteiger partial charge on any atom is 0.246 e. The topological polar surface area (TPSA) is 86.3 Å². The fourth-order valence-corrected chi connectivity index (χ4v) is 5.21. The lowest BCUT2D eigenvalue weighted by molar-refractivity contribution is -0.131. The number of fused-ring (bicyclic) bond motifs is 2. The maximum atomic E-state index is 11.8. The first-order valence-corrected chi connectivity index (χ1v) is 10.4. The molecule has 1 saturated heterocycles. The fourth-order valence-electron chi connectivity index (χ4n) is 4.06. The number of hydrogen-bond donors (Lipinski definition) is 1. The Morgan fingerprint density at radius 3 is 2.87 bits per heavy atom. The van der Waals surface area contributed by atoms with E-state index in [2.05, 4.69) is 46.4 Å². The lowest BCUT2D eigenvalue weighted by atomic mass is 10.1. The van der Waals surface area contributed by atoms with Crippen molar-refractivity contribution in [1.82, 2.24) is 19.4 Å². The maximum absolute atomic E-state index is 11.8. The molecule has 2 N–H and O–H groups in total. The van der Waals surface area contributed by atoms with E-state index in [1.165, 1.54) is 12.4 Å². The summed E-state index contributed by atoms with van der Waals surface area (Å²) in [4.78, 5) is 23.4. The minimum absolute atomic E-state index is 0.0518. The van der Waals surface area contributed by atoms with Gasteiger partial charge in [0, 0.05) is 29.7 Å². The number of aromatic nitrogens is 3. The number of carbonyl (C=O) groups excluding carboxylic acids is 1. The minimum atomic E-state index is -0.0518. The van der Waals surface area contributed by atoms with E-state index in [-0.39, 0.29) is 11.9 Å². The van der Waals surface area contributed by atoms with Gasteiger partial charge in [-0.05, 0) is 36.1 Å². The number of benzene rings is 1. The molecule has 5 rings (SSSR count). The molecule has 1 amide bonds. The summed E-state index contributed by atoms with van der Waals surface area (Å²) in [6, 6.07) is 6.51. The van der Waals surface area contributed by atoms with Crippen LogP contribution in [0.2, 0.25) is 0 Å². The molecule has 1 aliphatic rings. The summed E-state index contributed by atoms with van der Waals surface area (Å²) >= 11 is 1.67. The molecule has 8 heteroatoms.